The average Bonchev–Trinajstić information content (AvgIpc) is 2.96. The largest absolute Gasteiger partial charge is 0.297 e. The van der Waals surface area contributed by atoms with Crippen LogP contribution in [0.2, 0.25) is 0 Å². The highest BCUT2D eigenvalue weighted by Gasteiger charge is 2.16. The molecule has 2 heterocycles. The minimum atomic E-state index is -0.286. The lowest BCUT2D eigenvalue weighted by Crippen LogP contribution is -2.12. The molecule has 6 nitrogen and oxygen atoms in total. The molecular weight excluding hydrogens is 272 g/mol. The van der Waals surface area contributed by atoms with E-state index in [1.807, 2.05) is 6.92 Å². The maximum absolute atomic E-state index is 11.9. The zero-order valence-corrected chi connectivity index (χ0v) is 11.4. The van der Waals surface area contributed by atoms with Gasteiger partial charge in [0.05, 0.1) is 5.69 Å². The van der Waals surface area contributed by atoms with Gasteiger partial charge in [-0.1, -0.05) is 11.4 Å². The van der Waals surface area contributed by atoms with Gasteiger partial charge in [-0.15, -0.1) is 16.4 Å². The van der Waals surface area contributed by atoms with E-state index in [0.717, 1.165) is 11.5 Å². The maximum atomic E-state index is 11.9. The van der Waals surface area contributed by atoms with E-state index in [0.29, 0.717) is 27.8 Å². The van der Waals surface area contributed by atoms with Crippen LogP contribution in [0, 0.1) is 0 Å². The SMILES string of the molecule is CCc1nnsc1C(=O)Nc1nc(C(C)=O)cs1. The van der Waals surface area contributed by atoms with Crippen LogP contribution in [-0.4, -0.2) is 26.3 Å². The number of rotatable bonds is 4. The highest BCUT2D eigenvalue weighted by atomic mass is 32.1. The third-order valence-corrected chi connectivity index (χ3v) is 3.71. The van der Waals surface area contributed by atoms with Gasteiger partial charge in [0.25, 0.3) is 5.91 Å². The van der Waals surface area contributed by atoms with Crippen LogP contribution >= 0.6 is 22.9 Å². The third kappa shape index (κ3) is 2.59. The Morgan fingerprint density at radius 2 is 2.22 bits per heavy atom. The summed E-state index contributed by atoms with van der Waals surface area (Å²) >= 11 is 2.27. The number of Topliss-reactive ketones (excluding diaryl/α,β-unsaturated/α-hetero) is 1. The predicted molar refractivity (Wildman–Crippen MR) is 69.4 cm³/mol. The van der Waals surface area contributed by atoms with E-state index >= 15 is 0 Å². The van der Waals surface area contributed by atoms with Crippen molar-refractivity contribution in [3.63, 3.8) is 0 Å². The quantitative estimate of drug-likeness (QED) is 0.867. The number of carbonyl (C=O) groups is 2. The first-order chi connectivity index (χ1) is 8.61. The van der Waals surface area contributed by atoms with E-state index in [1.165, 1.54) is 18.3 Å². The van der Waals surface area contributed by atoms with Gasteiger partial charge < -0.3 is 0 Å². The molecule has 0 fully saturated rings. The van der Waals surface area contributed by atoms with Crippen LogP contribution in [0.15, 0.2) is 5.38 Å². The van der Waals surface area contributed by atoms with Gasteiger partial charge in [0.1, 0.15) is 10.6 Å². The highest BCUT2D eigenvalue weighted by Crippen LogP contribution is 2.18. The second kappa shape index (κ2) is 5.32. The molecule has 1 amide bonds. The van der Waals surface area contributed by atoms with E-state index in [2.05, 4.69) is 19.9 Å². The number of aryl methyl sites for hydroxylation is 1. The molecule has 0 unspecified atom stereocenters. The summed E-state index contributed by atoms with van der Waals surface area (Å²) in [7, 11) is 0. The molecule has 0 aliphatic heterocycles. The zero-order valence-electron chi connectivity index (χ0n) is 9.76. The molecule has 0 radical (unpaired) electrons. The van der Waals surface area contributed by atoms with E-state index in [9.17, 15) is 9.59 Å². The fourth-order valence-electron chi connectivity index (χ4n) is 1.26. The summed E-state index contributed by atoms with van der Waals surface area (Å²) in [4.78, 5) is 27.5. The molecule has 0 atom stereocenters. The molecule has 0 saturated carbocycles. The number of nitrogens with zero attached hydrogens (tertiary/aromatic N) is 3. The Bertz CT molecular complexity index is 590. The molecule has 0 spiro atoms. The van der Waals surface area contributed by atoms with E-state index in [-0.39, 0.29) is 11.7 Å². The molecular formula is C10H10N4O2S2. The Labute approximate surface area is 111 Å². The highest BCUT2D eigenvalue weighted by molar-refractivity contribution is 7.14. The summed E-state index contributed by atoms with van der Waals surface area (Å²) in [6.07, 6.45) is 0.649. The molecule has 94 valence electrons. The van der Waals surface area contributed by atoms with Crippen LogP contribution in [0.4, 0.5) is 5.13 Å². The zero-order chi connectivity index (χ0) is 13.1. The van der Waals surface area contributed by atoms with Crippen molar-refractivity contribution in [1.82, 2.24) is 14.6 Å². The van der Waals surface area contributed by atoms with Crippen molar-refractivity contribution in [2.24, 2.45) is 0 Å². The number of hydrogen-bond acceptors (Lipinski definition) is 7. The van der Waals surface area contributed by atoms with Gasteiger partial charge in [-0.2, -0.15) is 0 Å². The molecule has 0 aliphatic carbocycles. The van der Waals surface area contributed by atoms with Crippen LogP contribution in [0.25, 0.3) is 0 Å². The summed E-state index contributed by atoms with van der Waals surface area (Å²) in [5.74, 6) is -0.410. The summed E-state index contributed by atoms with van der Waals surface area (Å²) in [5.41, 5.74) is 1.02. The van der Waals surface area contributed by atoms with Gasteiger partial charge in [-0.3, -0.25) is 14.9 Å². The first kappa shape index (κ1) is 12.8. The fourth-order valence-corrected chi connectivity index (χ4v) is 2.65. The van der Waals surface area contributed by atoms with Gasteiger partial charge in [0.15, 0.2) is 10.9 Å². The number of anilines is 1. The van der Waals surface area contributed by atoms with Crippen molar-refractivity contribution in [1.29, 1.82) is 0 Å². The van der Waals surface area contributed by atoms with Crippen molar-refractivity contribution in [3.8, 4) is 0 Å². The lowest BCUT2D eigenvalue weighted by Gasteiger charge is -1.99. The average molecular weight is 282 g/mol. The van der Waals surface area contributed by atoms with Gasteiger partial charge in [-0.05, 0) is 18.0 Å². The van der Waals surface area contributed by atoms with Crippen LogP contribution in [0.1, 0.15) is 39.7 Å². The second-order valence-electron chi connectivity index (χ2n) is 3.45. The lowest BCUT2D eigenvalue weighted by molar-refractivity contribution is 0.100. The standard InChI is InChI=1S/C10H10N4O2S2/c1-3-6-8(18-14-13-6)9(16)12-10-11-7(4-17-10)5(2)15/h4H,3H2,1-2H3,(H,11,12,16). The van der Waals surface area contributed by atoms with Gasteiger partial charge in [-0.25, -0.2) is 4.98 Å². The molecule has 1 N–H and O–H groups in total. The first-order valence-electron chi connectivity index (χ1n) is 5.20. The fraction of sp³-hybridized carbons (Fsp3) is 0.300. The molecule has 2 aromatic heterocycles. The minimum Gasteiger partial charge on any atom is -0.297 e. The molecule has 0 saturated heterocycles. The van der Waals surface area contributed by atoms with Crippen molar-refractivity contribution in [2.75, 3.05) is 5.32 Å². The predicted octanol–water partition coefficient (Wildman–Crippen LogP) is 2.01. The smallest absolute Gasteiger partial charge is 0.271 e. The number of ketones is 1. The minimum absolute atomic E-state index is 0.125. The van der Waals surface area contributed by atoms with Gasteiger partial charge in [0.2, 0.25) is 0 Å². The summed E-state index contributed by atoms with van der Waals surface area (Å²) in [6, 6.07) is 0. The van der Waals surface area contributed by atoms with Crippen molar-refractivity contribution in [3.05, 3.63) is 21.6 Å². The lowest BCUT2D eigenvalue weighted by atomic mass is 10.3. The normalized spacial score (nSPS) is 10.3. The molecule has 2 rings (SSSR count). The number of nitrogens with one attached hydrogen (secondary N) is 1. The molecule has 8 heteroatoms. The third-order valence-electron chi connectivity index (χ3n) is 2.18. The maximum Gasteiger partial charge on any atom is 0.271 e. The molecule has 0 aromatic carbocycles. The van der Waals surface area contributed by atoms with E-state index < -0.39 is 0 Å². The number of carbonyl (C=O) groups excluding carboxylic acids is 2. The summed E-state index contributed by atoms with van der Waals surface area (Å²) in [6.45, 7) is 3.34. The van der Waals surface area contributed by atoms with E-state index in [1.54, 1.807) is 5.38 Å². The van der Waals surface area contributed by atoms with E-state index in [4.69, 9.17) is 0 Å². The topological polar surface area (TPSA) is 84.8 Å². The number of hydrogen-bond donors (Lipinski definition) is 1. The number of aromatic nitrogens is 3. The van der Waals surface area contributed by atoms with Gasteiger partial charge >= 0.3 is 0 Å². The Morgan fingerprint density at radius 3 is 2.83 bits per heavy atom. The number of thiazole rings is 1. The first-order valence-corrected chi connectivity index (χ1v) is 6.86. The second-order valence-corrected chi connectivity index (χ2v) is 5.06. The van der Waals surface area contributed by atoms with Crippen molar-refractivity contribution in [2.45, 2.75) is 20.3 Å². The van der Waals surface area contributed by atoms with Gasteiger partial charge in [0, 0.05) is 12.3 Å². The Balaban J connectivity index is 2.13. The molecule has 18 heavy (non-hydrogen) atoms. The molecule has 2 aromatic rings. The van der Waals surface area contributed by atoms with Crippen LogP contribution < -0.4 is 5.32 Å². The molecule has 0 aliphatic rings. The molecule has 0 bridgehead atoms. The monoisotopic (exact) mass is 282 g/mol. The number of amides is 1. The van der Waals surface area contributed by atoms with Crippen molar-refractivity contribution >= 4 is 39.7 Å². The Morgan fingerprint density at radius 1 is 1.44 bits per heavy atom. The summed E-state index contributed by atoms with van der Waals surface area (Å²) < 4.78 is 3.75. The summed E-state index contributed by atoms with van der Waals surface area (Å²) in [5, 5.41) is 8.53. The van der Waals surface area contributed by atoms with Crippen molar-refractivity contribution < 1.29 is 9.59 Å². The van der Waals surface area contributed by atoms with Crippen LogP contribution in [0.3, 0.4) is 0 Å². The van der Waals surface area contributed by atoms with Crippen LogP contribution in [-0.2, 0) is 6.42 Å². The Hall–Kier alpha value is -1.67. The Kier molecular flexibility index (Phi) is 3.78. The van der Waals surface area contributed by atoms with Crippen LogP contribution in [0.5, 0.6) is 0 Å².